The summed E-state index contributed by atoms with van der Waals surface area (Å²) in [6, 6.07) is 7.18. The Balaban J connectivity index is 1.67. The zero-order valence-corrected chi connectivity index (χ0v) is 15.6. The summed E-state index contributed by atoms with van der Waals surface area (Å²) in [5.41, 5.74) is 2.17. The molecular formula is C20H24N2O5. The molecular weight excluding hydrogens is 348 g/mol. The Morgan fingerprint density at radius 3 is 2.59 bits per heavy atom. The molecule has 7 heteroatoms. The van der Waals surface area contributed by atoms with Gasteiger partial charge in [0, 0.05) is 19.5 Å². The van der Waals surface area contributed by atoms with Crippen molar-refractivity contribution in [1.29, 1.82) is 0 Å². The molecule has 1 amide bonds. The largest absolute Gasteiger partial charge is 0.488 e. The van der Waals surface area contributed by atoms with Crippen molar-refractivity contribution in [1.82, 2.24) is 10.1 Å². The summed E-state index contributed by atoms with van der Waals surface area (Å²) in [5, 5.41) is 12.8. The zero-order chi connectivity index (χ0) is 19.4. The van der Waals surface area contributed by atoms with Gasteiger partial charge in [-0.05, 0) is 44.7 Å². The van der Waals surface area contributed by atoms with Crippen molar-refractivity contribution in [2.45, 2.75) is 39.7 Å². The number of aryl methyl sites for hydroxylation is 2. The van der Waals surface area contributed by atoms with Crippen LogP contribution in [0.3, 0.4) is 0 Å². The molecule has 1 aromatic heterocycles. The first kappa shape index (κ1) is 18.9. The van der Waals surface area contributed by atoms with E-state index >= 15 is 0 Å². The Kier molecular flexibility index (Phi) is 5.78. The van der Waals surface area contributed by atoms with Crippen molar-refractivity contribution in [2.24, 2.45) is 5.92 Å². The lowest BCUT2D eigenvalue weighted by molar-refractivity contribution is -0.138. The van der Waals surface area contributed by atoms with Crippen molar-refractivity contribution in [3.8, 4) is 5.75 Å². The number of piperidine rings is 1. The molecule has 27 heavy (non-hydrogen) atoms. The highest BCUT2D eigenvalue weighted by Crippen LogP contribution is 2.26. The van der Waals surface area contributed by atoms with E-state index in [2.05, 4.69) is 5.16 Å². The summed E-state index contributed by atoms with van der Waals surface area (Å²) in [4.78, 5) is 25.6. The minimum absolute atomic E-state index is 0.0851. The van der Waals surface area contributed by atoms with Crippen LogP contribution in [0.1, 0.15) is 46.6 Å². The van der Waals surface area contributed by atoms with Crippen LogP contribution < -0.4 is 4.74 Å². The number of rotatable bonds is 6. The molecule has 1 fully saturated rings. The second kappa shape index (κ2) is 8.24. The molecule has 7 nitrogen and oxygen atoms in total. The average molecular weight is 372 g/mol. The molecule has 0 unspecified atom stereocenters. The number of nitrogens with zero attached hydrogens (tertiary/aromatic N) is 2. The Bertz CT molecular complexity index is 802. The maximum absolute atomic E-state index is 12.9. The number of ether oxygens (including phenoxy) is 1. The quantitative estimate of drug-likeness (QED) is 0.837. The fraction of sp³-hybridized carbons (Fsp3) is 0.450. The summed E-state index contributed by atoms with van der Waals surface area (Å²) >= 11 is 0. The molecule has 0 spiro atoms. The predicted molar refractivity (Wildman–Crippen MR) is 97.6 cm³/mol. The normalized spacial score (nSPS) is 15.0. The first-order valence-electron chi connectivity index (χ1n) is 9.10. The number of hydrogen-bond acceptors (Lipinski definition) is 5. The van der Waals surface area contributed by atoms with Crippen LogP contribution in [0.25, 0.3) is 0 Å². The topological polar surface area (TPSA) is 92.9 Å². The molecule has 2 aromatic rings. The van der Waals surface area contributed by atoms with Crippen LogP contribution in [0, 0.1) is 19.8 Å². The lowest BCUT2D eigenvalue weighted by Crippen LogP contribution is -2.39. The SMILES string of the molecule is Cc1noc(C)c1COc1ccccc1C(=O)N1CCC(CC(=O)O)CC1. The zero-order valence-electron chi connectivity index (χ0n) is 15.6. The summed E-state index contributed by atoms with van der Waals surface area (Å²) in [5.74, 6) is 0.500. The number of benzene rings is 1. The van der Waals surface area contributed by atoms with Crippen molar-refractivity contribution >= 4 is 11.9 Å². The van der Waals surface area contributed by atoms with Gasteiger partial charge < -0.3 is 19.3 Å². The molecule has 0 radical (unpaired) electrons. The molecule has 0 aliphatic carbocycles. The number of aromatic nitrogens is 1. The molecule has 1 aliphatic rings. The van der Waals surface area contributed by atoms with E-state index in [0.29, 0.717) is 43.0 Å². The minimum Gasteiger partial charge on any atom is -0.488 e. The molecule has 144 valence electrons. The monoisotopic (exact) mass is 372 g/mol. The Morgan fingerprint density at radius 2 is 1.96 bits per heavy atom. The molecule has 3 rings (SSSR count). The molecule has 1 aliphatic heterocycles. The summed E-state index contributed by atoms with van der Waals surface area (Å²) in [6.07, 6.45) is 1.58. The van der Waals surface area contributed by atoms with Gasteiger partial charge in [-0.25, -0.2) is 0 Å². The summed E-state index contributed by atoms with van der Waals surface area (Å²) in [7, 11) is 0. The van der Waals surface area contributed by atoms with Gasteiger partial charge in [0.05, 0.1) is 16.8 Å². The third kappa shape index (κ3) is 4.48. The highest BCUT2D eigenvalue weighted by atomic mass is 16.5. The summed E-state index contributed by atoms with van der Waals surface area (Å²) in [6.45, 7) is 5.10. The number of aliphatic carboxylic acids is 1. The molecule has 1 aromatic carbocycles. The van der Waals surface area contributed by atoms with Crippen LogP contribution >= 0.6 is 0 Å². The number of amides is 1. The van der Waals surface area contributed by atoms with Gasteiger partial charge >= 0.3 is 5.97 Å². The second-order valence-corrected chi connectivity index (χ2v) is 6.92. The number of carboxylic acid groups (broad SMARTS) is 1. The van der Waals surface area contributed by atoms with E-state index in [9.17, 15) is 9.59 Å². The van der Waals surface area contributed by atoms with Crippen molar-refractivity contribution in [2.75, 3.05) is 13.1 Å². The fourth-order valence-electron chi connectivity index (χ4n) is 3.38. The first-order chi connectivity index (χ1) is 13.0. The number of hydrogen-bond donors (Lipinski definition) is 1. The lowest BCUT2D eigenvalue weighted by Gasteiger charge is -2.31. The Labute approximate surface area is 157 Å². The van der Waals surface area contributed by atoms with Crippen LogP contribution in [0.4, 0.5) is 0 Å². The van der Waals surface area contributed by atoms with E-state index < -0.39 is 5.97 Å². The van der Waals surface area contributed by atoms with Gasteiger partial charge in [-0.2, -0.15) is 0 Å². The van der Waals surface area contributed by atoms with E-state index in [1.54, 1.807) is 17.0 Å². The molecule has 1 saturated heterocycles. The van der Waals surface area contributed by atoms with Crippen molar-refractivity contribution in [3.05, 3.63) is 46.8 Å². The van der Waals surface area contributed by atoms with Gasteiger partial charge in [0.15, 0.2) is 0 Å². The van der Waals surface area contributed by atoms with E-state index in [0.717, 1.165) is 11.3 Å². The maximum Gasteiger partial charge on any atom is 0.303 e. The van der Waals surface area contributed by atoms with Gasteiger partial charge in [-0.1, -0.05) is 17.3 Å². The fourth-order valence-corrected chi connectivity index (χ4v) is 3.38. The Hall–Kier alpha value is -2.83. The standard InChI is InChI=1S/C20H24N2O5/c1-13-17(14(2)27-21-13)12-26-18-6-4-3-5-16(18)20(25)22-9-7-15(8-10-22)11-19(23)24/h3-6,15H,7-12H2,1-2H3,(H,23,24). The van der Waals surface area contributed by atoms with Crippen LogP contribution in [-0.4, -0.2) is 40.1 Å². The van der Waals surface area contributed by atoms with E-state index in [1.165, 1.54) is 0 Å². The molecule has 0 bridgehead atoms. The van der Waals surface area contributed by atoms with E-state index in [4.69, 9.17) is 14.4 Å². The molecule has 0 atom stereocenters. The van der Waals surface area contributed by atoms with Gasteiger partial charge in [0.25, 0.3) is 5.91 Å². The van der Waals surface area contributed by atoms with Crippen LogP contribution in [-0.2, 0) is 11.4 Å². The first-order valence-corrected chi connectivity index (χ1v) is 9.10. The number of carbonyl (C=O) groups excluding carboxylic acids is 1. The molecule has 1 N–H and O–H groups in total. The maximum atomic E-state index is 12.9. The third-order valence-corrected chi connectivity index (χ3v) is 5.04. The lowest BCUT2D eigenvalue weighted by atomic mass is 9.93. The number of likely N-dealkylation sites (tertiary alicyclic amines) is 1. The smallest absolute Gasteiger partial charge is 0.303 e. The van der Waals surface area contributed by atoms with Crippen LogP contribution in [0.5, 0.6) is 5.75 Å². The summed E-state index contributed by atoms with van der Waals surface area (Å²) < 4.78 is 11.1. The van der Waals surface area contributed by atoms with Crippen LogP contribution in [0.15, 0.2) is 28.8 Å². The van der Waals surface area contributed by atoms with E-state index in [-0.39, 0.29) is 24.9 Å². The highest BCUT2D eigenvalue weighted by Gasteiger charge is 2.26. The Morgan fingerprint density at radius 1 is 1.26 bits per heavy atom. The van der Waals surface area contributed by atoms with Gasteiger partial charge in [-0.15, -0.1) is 0 Å². The molecule has 2 heterocycles. The molecule has 0 saturated carbocycles. The van der Waals surface area contributed by atoms with Crippen molar-refractivity contribution in [3.63, 3.8) is 0 Å². The number of carbonyl (C=O) groups is 2. The minimum atomic E-state index is -0.780. The average Bonchev–Trinajstić information content (AvgIpc) is 2.98. The van der Waals surface area contributed by atoms with Crippen LogP contribution in [0.2, 0.25) is 0 Å². The predicted octanol–water partition coefficient (Wildman–Crippen LogP) is 3.20. The highest BCUT2D eigenvalue weighted by molar-refractivity contribution is 5.97. The third-order valence-electron chi connectivity index (χ3n) is 5.04. The number of para-hydroxylation sites is 1. The van der Waals surface area contributed by atoms with Crippen molar-refractivity contribution < 1.29 is 24.0 Å². The van der Waals surface area contributed by atoms with Gasteiger partial charge in [0.1, 0.15) is 18.1 Å². The van der Waals surface area contributed by atoms with Gasteiger partial charge in [-0.3, -0.25) is 9.59 Å². The van der Waals surface area contributed by atoms with E-state index in [1.807, 2.05) is 26.0 Å². The number of carboxylic acids is 1. The second-order valence-electron chi connectivity index (χ2n) is 6.92. The van der Waals surface area contributed by atoms with Gasteiger partial charge in [0.2, 0.25) is 0 Å².